The molecule has 0 radical (unpaired) electrons. The smallest absolute Gasteiger partial charge is 0.229 e. The molecule has 0 bridgehead atoms. The third-order valence-electron chi connectivity index (χ3n) is 4.01. The first-order valence-electron chi connectivity index (χ1n) is 8.54. The van der Waals surface area contributed by atoms with Crippen LogP contribution in [0, 0.1) is 0 Å². The number of rotatable bonds is 7. The zero-order valence-corrected chi connectivity index (χ0v) is 17.6. The van der Waals surface area contributed by atoms with E-state index in [0.29, 0.717) is 51.5 Å². The Morgan fingerprint density at radius 1 is 1.23 bits per heavy atom. The van der Waals surface area contributed by atoms with Crippen LogP contribution in [-0.4, -0.2) is 67.9 Å². The molecular weight excluding hydrogens is 447 g/mol. The molecule has 1 saturated heterocycles. The van der Waals surface area contributed by atoms with E-state index in [4.69, 9.17) is 4.74 Å². The number of likely N-dealkylation sites (N-methyl/N-ethyl adjacent to an activating group) is 1. The predicted molar refractivity (Wildman–Crippen MR) is 112 cm³/mol. The Morgan fingerprint density at radius 3 is 2.50 bits per heavy atom. The van der Waals surface area contributed by atoms with Crippen LogP contribution in [0.4, 0.5) is 0 Å². The summed E-state index contributed by atoms with van der Waals surface area (Å²) in [6.45, 7) is 2.04. The number of guanidine groups is 1. The van der Waals surface area contributed by atoms with Crippen molar-refractivity contribution in [3.8, 4) is 5.75 Å². The second-order valence-electron chi connectivity index (χ2n) is 5.85. The van der Waals surface area contributed by atoms with Crippen molar-refractivity contribution in [1.82, 2.24) is 15.1 Å². The zero-order chi connectivity index (χ0) is 18.1. The highest BCUT2D eigenvalue weighted by atomic mass is 127. The maximum atomic E-state index is 11.8. The number of para-hydroxylation sites is 1. The summed E-state index contributed by atoms with van der Waals surface area (Å²) in [7, 11) is 3.62. The van der Waals surface area contributed by atoms with E-state index in [9.17, 15) is 9.59 Å². The number of imide groups is 1. The predicted octanol–water partition coefficient (Wildman–Crippen LogP) is 1.73. The number of hydrogen-bond acceptors (Lipinski definition) is 4. The standard InChI is InChI=1S/C18H26N4O3.HI/c1-19-18(20-11-12-22-16(23)9-6-10-17(22)24)21(2)13-14-25-15-7-4-3-5-8-15;/h3-5,7-8H,6,9-14H2,1-2H3,(H,19,20);1H. The second kappa shape index (κ2) is 11.7. The Balaban J connectivity index is 0.00000338. The molecule has 26 heavy (non-hydrogen) atoms. The second-order valence-corrected chi connectivity index (χ2v) is 5.85. The van der Waals surface area contributed by atoms with Crippen molar-refractivity contribution in [1.29, 1.82) is 0 Å². The van der Waals surface area contributed by atoms with Gasteiger partial charge in [-0.05, 0) is 18.6 Å². The number of carbonyl (C=O) groups excluding carboxylic acids is 2. The van der Waals surface area contributed by atoms with Crippen molar-refractivity contribution in [2.24, 2.45) is 4.99 Å². The highest BCUT2D eigenvalue weighted by Gasteiger charge is 2.25. The van der Waals surface area contributed by atoms with Gasteiger partial charge in [-0.3, -0.25) is 19.5 Å². The third kappa shape index (κ3) is 6.81. The topological polar surface area (TPSA) is 74.2 Å². The van der Waals surface area contributed by atoms with E-state index >= 15 is 0 Å². The summed E-state index contributed by atoms with van der Waals surface area (Å²) in [6, 6.07) is 9.65. The maximum Gasteiger partial charge on any atom is 0.229 e. The molecule has 1 fully saturated rings. The lowest BCUT2D eigenvalue weighted by Gasteiger charge is -2.26. The van der Waals surface area contributed by atoms with Gasteiger partial charge in [-0.25, -0.2) is 0 Å². The van der Waals surface area contributed by atoms with Gasteiger partial charge in [0.2, 0.25) is 11.8 Å². The first-order chi connectivity index (χ1) is 12.1. The summed E-state index contributed by atoms with van der Waals surface area (Å²) in [4.78, 5) is 31.1. The summed E-state index contributed by atoms with van der Waals surface area (Å²) in [5.41, 5.74) is 0. The minimum atomic E-state index is -0.0855. The summed E-state index contributed by atoms with van der Waals surface area (Å²) in [6.07, 6.45) is 1.57. The molecule has 1 N–H and O–H groups in total. The number of hydrogen-bond donors (Lipinski definition) is 1. The van der Waals surface area contributed by atoms with E-state index in [2.05, 4.69) is 10.3 Å². The van der Waals surface area contributed by atoms with Gasteiger partial charge in [-0.15, -0.1) is 24.0 Å². The fraction of sp³-hybridized carbons (Fsp3) is 0.500. The molecule has 8 heteroatoms. The first kappa shape index (κ1) is 22.2. The van der Waals surface area contributed by atoms with Crippen molar-refractivity contribution in [3.63, 3.8) is 0 Å². The van der Waals surface area contributed by atoms with Crippen molar-refractivity contribution in [2.75, 3.05) is 40.3 Å². The zero-order valence-electron chi connectivity index (χ0n) is 15.3. The van der Waals surface area contributed by atoms with Gasteiger partial charge in [0.1, 0.15) is 12.4 Å². The molecule has 1 aromatic rings. The largest absolute Gasteiger partial charge is 0.492 e. The van der Waals surface area contributed by atoms with Gasteiger partial charge in [0.15, 0.2) is 5.96 Å². The molecule has 2 amide bonds. The molecule has 0 unspecified atom stereocenters. The normalized spacial score (nSPS) is 14.7. The Labute approximate surface area is 171 Å². The van der Waals surface area contributed by atoms with E-state index in [1.807, 2.05) is 42.3 Å². The SMILES string of the molecule is CN=C(NCCN1C(=O)CCCC1=O)N(C)CCOc1ccccc1.I. The van der Waals surface area contributed by atoms with Gasteiger partial charge in [-0.1, -0.05) is 18.2 Å². The van der Waals surface area contributed by atoms with E-state index in [1.54, 1.807) is 7.05 Å². The molecular formula is C18H27IN4O3. The number of likely N-dealkylation sites (tertiary alicyclic amines) is 1. The lowest BCUT2D eigenvalue weighted by molar-refractivity contribution is -0.147. The van der Waals surface area contributed by atoms with E-state index in [1.165, 1.54) is 4.90 Å². The summed E-state index contributed by atoms with van der Waals surface area (Å²) >= 11 is 0. The molecule has 0 aromatic heterocycles. The number of halogens is 1. The van der Waals surface area contributed by atoms with Crippen LogP contribution in [0.15, 0.2) is 35.3 Å². The van der Waals surface area contributed by atoms with Gasteiger partial charge in [0.05, 0.1) is 6.54 Å². The minimum absolute atomic E-state index is 0. The average Bonchev–Trinajstić information content (AvgIpc) is 2.61. The number of amides is 2. The molecule has 1 heterocycles. The van der Waals surface area contributed by atoms with Crippen LogP contribution < -0.4 is 10.1 Å². The van der Waals surface area contributed by atoms with Crippen LogP contribution in [0.2, 0.25) is 0 Å². The monoisotopic (exact) mass is 474 g/mol. The number of aliphatic imine (C=N–C) groups is 1. The maximum absolute atomic E-state index is 11.8. The number of carbonyl (C=O) groups is 2. The number of benzene rings is 1. The van der Waals surface area contributed by atoms with Gasteiger partial charge in [0.25, 0.3) is 0 Å². The lowest BCUT2D eigenvalue weighted by Crippen LogP contribution is -2.47. The molecule has 144 valence electrons. The van der Waals surface area contributed by atoms with Crippen molar-refractivity contribution < 1.29 is 14.3 Å². The van der Waals surface area contributed by atoms with E-state index in [0.717, 1.165) is 5.75 Å². The lowest BCUT2D eigenvalue weighted by atomic mass is 10.1. The van der Waals surface area contributed by atoms with Crippen molar-refractivity contribution >= 4 is 41.8 Å². The first-order valence-corrected chi connectivity index (χ1v) is 8.54. The summed E-state index contributed by atoms with van der Waals surface area (Å²) in [5, 5.41) is 3.18. The number of nitrogens with zero attached hydrogens (tertiary/aromatic N) is 3. The highest BCUT2D eigenvalue weighted by Crippen LogP contribution is 2.11. The van der Waals surface area contributed by atoms with Gasteiger partial charge in [-0.2, -0.15) is 0 Å². The van der Waals surface area contributed by atoms with Crippen LogP contribution in [0.1, 0.15) is 19.3 Å². The third-order valence-corrected chi connectivity index (χ3v) is 4.01. The highest BCUT2D eigenvalue weighted by molar-refractivity contribution is 14.0. The molecule has 1 aliphatic rings. The van der Waals surface area contributed by atoms with Crippen LogP contribution in [-0.2, 0) is 9.59 Å². The molecule has 1 aliphatic heterocycles. The van der Waals surface area contributed by atoms with Crippen molar-refractivity contribution in [3.05, 3.63) is 30.3 Å². The van der Waals surface area contributed by atoms with Crippen molar-refractivity contribution in [2.45, 2.75) is 19.3 Å². The Morgan fingerprint density at radius 2 is 1.88 bits per heavy atom. The quantitative estimate of drug-likeness (QED) is 0.282. The van der Waals surface area contributed by atoms with Gasteiger partial charge >= 0.3 is 0 Å². The molecule has 0 aliphatic carbocycles. The van der Waals surface area contributed by atoms with Crippen LogP contribution in [0.3, 0.4) is 0 Å². The average molecular weight is 474 g/mol. The Bertz CT molecular complexity index is 594. The number of ether oxygens (including phenoxy) is 1. The molecule has 0 saturated carbocycles. The minimum Gasteiger partial charge on any atom is -0.492 e. The Kier molecular flexibility index (Phi) is 10.0. The fourth-order valence-corrected chi connectivity index (χ4v) is 2.64. The molecule has 1 aromatic carbocycles. The molecule has 7 nitrogen and oxygen atoms in total. The van der Waals surface area contributed by atoms with Gasteiger partial charge in [0, 0.05) is 40.0 Å². The van der Waals surface area contributed by atoms with E-state index < -0.39 is 0 Å². The molecule has 0 spiro atoms. The summed E-state index contributed by atoms with van der Waals surface area (Å²) in [5.74, 6) is 1.37. The Hall–Kier alpha value is -1.84. The number of piperidine rings is 1. The van der Waals surface area contributed by atoms with Gasteiger partial charge < -0.3 is 15.0 Å². The fourth-order valence-electron chi connectivity index (χ4n) is 2.64. The molecule has 0 atom stereocenters. The van der Waals surface area contributed by atoms with E-state index in [-0.39, 0.29) is 35.8 Å². The van der Waals surface area contributed by atoms with Crippen LogP contribution >= 0.6 is 24.0 Å². The molecule has 2 rings (SSSR count). The summed E-state index contributed by atoms with van der Waals surface area (Å²) < 4.78 is 5.68. The van der Waals surface area contributed by atoms with Crippen LogP contribution in [0.25, 0.3) is 0 Å². The van der Waals surface area contributed by atoms with Crippen LogP contribution in [0.5, 0.6) is 5.75 Å². The number of nitrogens with one attached hydrogen (secondary N) is 1.